The van der Waals surface area contributed by atoms with E-state index in [1.807, 2.05) is 13.2 Å². The van der Waals surface area contributed by atoms with E-state index in [0.29, 0.717) is 23.7 Å². The van der Waals surface area contributed by atoms with Crippen LogP contribution in [0.2, 0.25) is 0 Å². The summed E-state index contributed by atoms with van der Waals surface area (Å²) in [6, 6.07) is 5.49. The van der Waals surface area contributed by atoms with Crippen molar-refractivity contribution in [3.05, 3.63) is 23.4 Å². The number of rotatable bonds is 5. The maximum Gasteiger partial charge on any atom is 0.127 e. The van der Waals surface area contributed by atoms with E-state index in [1.165, 1.54) is 0 Å². The van der Waals surface area contributed by atoms with E-state index in [4.69, 9.17) is 5.26 Å². The van der Waals surface area contributed by atoms with Crippen LogP contribution in [0.5, 0.6) is 0 Å². The molecular formula is C12H17N3OS. The molecule has 1 aromatic rings. The minimum absolute atomic E-state index is 0.412. The smallest absolute Gasteiger partial charge is 0.127 e. The van der Waals surface area contributed by atoms with Gasteiger partial charge in [0, 0.05) is 18.0 Å². The highest BCUT2D eigenvalue weighted by molar-refractivity contribution is 7.98. The summed E-state index contributed by atoms with van der Waals surface area (Å²) >= 11 is 1.59. The van der Waals surface area contributed by atoms with E-state index in [-0.39, 0.29) is 0 Å². The summed E-state index contributed by atoms with van der Waals surface area (Å²) in [5.41, 5.74) is 0.582. The van der Waals surface area contributed by atoms with Gasteiger partial charge in [-0.25, -0.2) is 4.98 Å². The summed E-state index contributed by atoms with van der Waals surface area (Å²) in [7, 11) is 0. The highest BCUT2D eigenvalue weighted by atomic mass is 32.2. The molecular weight excluding hydrogens is 234 g/mol. The lowest BCUT2D eigenvalue weighted by Gasteiger charge is -2.22. The van der Waals surface area contributed by atoms with Gasteiger partial charge in [0.15, 0.2) is 0 Å². The van der Waals surface area contributed by atoms with Gasteiger partial charge in [-0.15, -0.1) is 0 Å². The Hall–Kier alpha value is -1.25. The van der Waals surface area contributed by atoms with Gasteiger partial charge in [0.05, 0.1) is 17.2 Å². The first-order valence-corrected chi connectivity index (χ1v) is 6.70. The zero-order chi connectivity index (χ0) is 12.9. The third-order valence-electron chi connectivity index (χ3n) is 2.19. The third kappa shape index (κ3) is 4.63. The number of aromatic nitrogens is 1. The Bertz CT molecular complexity index is 426. The molecule has 4 nitrogen and oxygen atoms in total. The number of aryl methyl sites for hydroxylation is 1. The Labute approximate surface area is 106 Å². The van der Waals surface area contributed by atoms with Gasteiger partial charge in [-0.1, -0.05) is 0 Å². The fraction of sp³-hybridized carbons (Fsp3) is 0.500. The maximum absolute atomic E-state index is 10.00. The standard InChI is InChI=1S/C12H17N3OS/c1-9-4-10(6-13)5-11(15-9)14-7-12(2,16)8-17-3/h4-5,16H,7-8H2,1-3H3,(H,14,15). The molecule has 1 unspecified atom stereocenters. The van der Waals surface area contributed by atoms with Crippen LogP contribution < -0.4 is 5.32 Å². The summed E-state index contributed by atoms with van der Waals surface area (Å²) in [5.74, 6) is 1.28. The van der Waals surface area contributed by atoms with Crippen molar-refractivity contribution in [2.45, 2.75) is 19.4 Å². The number of aliphatic hydroxyl groups is 1. The molecule has 0 aliphatic carbocycles. The number of pyridine rings is 1. The molecule has 1 rings (SSSR count). The summed E-state index contributed by atoms with van der Waals surface area (Å²) in [4.78, 5) is 4.26. The molecule has 2 N–H and O–H groups in total. The summed E-state index contributed by atoms with van der Waals surface area (Å²) < 4.78 is 0. The number of thioether (sulfide) groups is 1. The van der Waals surface area contributed by atoms with Gasteiger partial charge in [-0.3, -0.25) is 0 Å². The first-order chi connectivity index (χ1) is 7.96. The van der Waals surface area contributed by atoms with Gasteiger partial charge in [-0.2, -0.15) is 17.0 Å². The molecule has 1 heterocycles. The predicted octanol–water partition coefficient (Wildman–Crippen LogP) is 1.79. The van der Waals surface area contributed by atoms with Crippen LogP contribution in [0.4, 0.5) is 5.82 Å². The van der Waals surface area contributed by atoms with Crippen molar-refractivity contribution in [2.75, 3.05) is 23.9 Å². The van der Waals surface area contributed by atoms with Crippen LogP contribution in [0.25, 0.3) is 0 Å². The first-order valence-electron chi connectivity index (χ1n) is 5.31. The quantitative estimate of drug-likeness (QED) is 0.835. The van der Waals surface area contributed by atoms with Gasteiger partial charge >= 0.3 is 0 Å². The molecule has 0 spiro atoms. The van der Waals surface area contributed by atoms with E-state index in [2.05, 4.69) is 16.4 Å². The molecule has 0 saturated heterocycles. The fourth-order valence-corrected chi connectivity index (χ4v) is 2.19. The Morgan fingerprint density at radius 2 is 2.29 bits per heavy atom. The summed E-state index contributed by atoms with van der Waals surface area (Å²) in [5, 5.41) is 21.9. The Morgan fingerprint density at radius 3 is 2.88 bits per heavy atom. The molecule has 0 aromatic carbocycles. The van der Waals surface area contributed by atoms with E-state index >= 15 is 0 Å². The van der Waals surface area contributed by atoms with Crippen LogP contribution in [0.1, 0.15) is 18.2 Å². The highest BCUT2D eigenvalue weighted by Crippen LogP contribution is 2.14. The van der Waals surface area contributed by atoms with Gasteiger partial charge in [0.2, 0.25) is 0 Å². The monoisotopic (exact) mass is 251 g/mol. The van der Waals surface area contributed by atoms with E-state index in [0.717, 1.165) is 5.69 Å². The zero-order valence-corrected chi connectivity index (χ0v) is 11.1. The molecule has 5 heteroatoms. The van der Waals surface area contributed by atoms with Crippen LogP contribution in [-0.4, -0.2) is 34.2 Å². The summed E-state index contributed by atoms with van der Waals surface area (Å²) in [6.45, 7) is 4.03. The van der Waals surface area contributed by atoms with Crippen molar-refractivity contribution in [3.63, 3.8) is 0 Å². The average molecular weight is 251 g/mol. The lowest BCUT2D eigenvalue weighted by atomic mass is 10.1. The van der Waals surface area contributed by atoms with Crippen LogP contribution in [-0.2, 0) is 0 Å². The van der Waals surface area contributed by atoms with Crippen molar-refractivity contribution >= 4 is 17.6 Å². The van der Waals surface area contributed by atoms with Crippen LogP contribution in [0.3, 0.4) is 0 Å². The second-order valence-corrected chi connectivity index (χ2v) is 5.14. The van der Waals surface area contributed by atoms with Gasteiger partial charge in [-0.05, 0) is 32.2 Å². The van der Waals surface area contributed by atoms with E-state index in [9.17, 15) is 5.11 Å². The first kappa shape index (κ1) is 13.8. The minimum atomic E-state index is -0.780. The lowest BCUT2D eigenvalue weighted by Crippen LogP contribution is -2.36. The molecule has 0 bridgehead atoms. The molecule has 0 aliphatic heterocycles. The number of hydrogen-bond donors (Lipinski definition) is 2. The second kappa shape index (κ2) is 5.89. The molecule has 0 fully saturated rings. The highest BCUT2D eigenvalue weighted by Gasteiger charge is 2.19. The lowest BCUT2D eigenvalue weighted by molar-refractivity contribution is 0.0996. The number of nitrogens with zero attached hydrogens (tertiary/aromatic N) is 2. The Morgan fingerprint density at radius 1 is 1.59 bits per heavy atom. The van der Waals surface area contributed by atoms with Crippen LogP contribution in [0, 0.1) is 18.3 Å². The SMILES string of the molecule is CSCC(C)(O)CNc1cc(C#N)cc(C)n1. The predicted molar refractivity (Wildman–Crippen MR) is 71.2 cm³/mol. The van der Waals surface area contributed by atoms with Crippen molar-refractivity contribution < 1.29 is 5.11 Å². The molecule has 0 amide bonds. The van der Waals surface area contributed by atoms with Crippen molar-refractivity contribution in [2.24, 2.45) is 0 Å². The zero-order valence-electron chi connectivity index (χ0n) is 10.3. The molecule has 1 aromatic heterocycles. The van der Waals surface area contributed by atoms with Gasteiger partial charge in [0.25, 0.3) is 0 Å². The topological polar surface area (TPSA) is 68.9 Å². The number of nitrogens with one attached hydrogen (secondary N) is 1. The minimum Gasteiger partial charge on any atom is -0.387 e. The largest absolute Gasteiger partial charge is 0.387 e. The van der Waals surface area contributed by atoms with Crippen molar-refractivity contribution in [1.82, 2.24) is 4.98 Å². The fourth-order valence-electron chi connectivity index (χ4n) is 1.47. The number of nitriles is 1. The second-order valence-electron chi connectivity index (χ2n) is 4.28. The van der Waals surface area contributed by atoms with Gasteiger partial charge in [0.1, 0.15) is 5.82 Å². The van der Waals surface area contributed by atoms with Crippen molar-refractivity contribution in [3.8, 4) is 6.07 Å². The normalized spacial score (nSPS) is 13.8. The van der Waals surface area contributed by atoms with Crippen molar-refractivity contribution in [1.29, 1.82) is 5.26 Å². The molecule has 17 heavy (non-hydrogen) atoms. The third-order valence-corrected chi connectivity index (χ3v) is 3.10. The number of hydrogen-bond acceptors (Lipinski definition) is 5. The number of anilines is 1. The molecule has 0 saturated carbocycles. The van der Waals surface area contributed by atoms with Crippen LogP contribution in [0.15, 0.2) is 12.1 Å². The Balaban J connectivity index is 2.70. The van der Waals surface area contributed by atoms with Gasteiger partial charge < -0.3 is 10.4 Å². The molecule has 92 valence electrons. The Kier molecular flexibility index (Phi) is 4.79. The molecule has 0 aliphatic rings. The molecule has 0 radical (unpaired) electrons. The maximum atomic E-state index is 10.00. The molecule has 1 atom stereocenters. The van der Waals surface area contributed by atoms with Crippen LogP contribution >= 0.6 is 11.8 Å². The summed E-state index contributed by atoms with van der Waals surface area (Å²) in [6.07, 6.45) is 1.95. The van der Waals surface area contributed by atoms with E-state index < -0.39 is 5.60 Å². The van der Waals surface area contributed by atoms with E-state index in [1.54, 1.807) is 30.8 Å². The average Bonchev–Trinajstić information content (AvgIpc) is 2.26.